The first-order valence-electron chi connectivity index (χ1n) is 6.08. The number of nitro groups is 1. The molecule has 7 heteroatoms. The van der Waals surface area contributed by atoms with Crippen molar-refractivity contribution in [2.75, 3.05) is 19.0 Å². The number of nitrogens with zero attached hydrogens (tertiary/aromatic N) is 3. The predicted molar refractivity (Wildman–Crippen MR) is 74.8 cm³/mol. The second kappa shape index (κ2) is 5.96. The van der Waals surface area contributed by atoms with Crippen molar-refractivity contribution < 1.29 is 9.66 Å². The van der Waals surface area contributed by atoms with Crippen molar-refractivity contribution in [2.45, 2.75) is 6.92 Å². The zero-order valence-corrected chi connectivity index (χ0v) is 11.2. The van der Waals surface area contributed by atoms with Crippen molar-refractivity contribution in [2.24, 2.45) is 0 Å². The lowest BCUT2D eigenvalue weighted by Crippen LogP contribution is -2.04. The van der Waals surface area contributed by atoms with E-state index in [9.17, 15) is 10.1 Å². The van der Waals surface area contributed by atoms with Gasteiger partial charge in [-0.1, -0.05) is 12.1 Å². The molecule has 0 bridgehead atoms. The molecule has 2 aromatic rings. The molecule has 0 fully saturated rings. The van der Waals surface area contributed by atoms with Crippen LogP contribution in [0.1, 0.15) is 6.92 Å². The van der Waals surface area contributed by atoms with Gasteiger partial charge in [-0.15, -0.1) is 0 Å². The van der Waals surface area contributed by atoms with E-state index in [0.29, 0.717) is 17.9 Å². The summed E-state index contributed by atoms with van der Waals surface area (Å²) >= 11 is 0. The number of para-hydroxylation sites is 1. The van der Waals surface area contributed by atoms with E-state index in [0.717, 1.165) is 0 Å². The fourth-order valence-corrected chi connectivity index (χ4v) is 1.88. The van der Waals surface area contributed by atoms with Gasteiger partial charge in [0.2, 0.25) is 5.82 Å². The first-order chi connectivity index (χ1) is 9.69. The van der Waals surface area contributed by atoms with Crippen molar-refractivity contribution in [1.82, 2.24) is 9.97 Å². The van der Waals surface area contributed by atoms with Crippen molar-refractivity contribution >= 4 is 11.5 Å². The lowest BCUT2D eigenvalue weighted by Gasteiger charge is -2.10. The minimum atomic E-state index is -0.496. The standard InChI is InChI=1S/C13H14N4O3/c1-3-20-10-7-5-4-6-9(10)11-12(17(18)19)13(14-2)16-8-15-11/h4-8H,3H2,1-2H3,(H,14,15,16). The van der Waals surface area contributed by atoms with Gasteiger partial charge >= 0.3 is 5.69 Å². The Morgan fingerprint density at radius 1 is 1.35 bits per heavy atom. The fraction of sp³-hybridized carbons (Fsp3) is 0.231. The minimum absolute atomic E-state index is 0.165. The Morgan fingerprint density at radius 2 is 2.10 bits per heavy atom. The highest BCUT2D eigenvalue weighted by molar-refractivity contribution is 5.80. The van der Waals surface area contributed by atoms with Gasteiger partial charge in [0.25, 0.3) is 0 Å². The third-order valence-electron chi connectivity index (χ3n) is 2.68. The maximum atomic E-state index is 11.3. The van der Waals surface area contributed by atoms with Gasteiger partial charge in [0.1, 0.15) is 12.1 Å². The molecule has 0 radical (unpaired) electrons. The van der Waals surface area contributed by atoms with Crippen molar-refractivity contribution in [3.63, 3.8) is 0 Å². The summed E-state index contributed by atoms with van der Waals surface area (Å²) in [6, 6.07) is 7.08. The van der Waals surface area contributed by atoms with Crippen LogP contribution >= 0.6 is 0 Å². The number of benzene rings is 1. The highest BCUT2D eigenvalue weighted by Crippen LogP contribution is 2.37. The van der Waals surface area contributed by atoms with E-state index < -0.39 is 4.92 Å². The smallest absolute Gasteiger partial charge is 0.337 e. The van der Waals surface area contributed by atoms with E-state index in [1.807, 2.05) is 6.92 Å². The van der Waals surface area contributed by atoms with Crippen molar-refractivity contribution in [3.8, 4) is 17.0 Å². The van der Waals surface area contributed by atoms with E-state index in [4.69, 9.17) is 4.74 Å². The first kappa shape index (κ1) is 13.7. The summed E-state index contributed by atoms with van der Waals surface area (Å²) in [5.74, 6) is 0.727. The molecule has 1 heterocycles. The van der Waals surface area contributed by atoms with E-state index in [1.54, 1.807) is 31.3 Å². The molecule has 0 spiro atoms. The molecule has 2 rings (SSSR count). The number of aromatic nitrogens is 2. The molecule has 0 atom stereocenters. The monoisotopic (exact) mass is 274 g/mol. The van der Waals surface area contributed by atoms with Gasteiger partial charge in [0.15, 0.2) is 5.69 Å². The molecule has 0 saturated carbocycles. The first-order valence-corrected chi connectivity index (χ1v) is 6.08. The molecule has 0 aliphatic carbocycles. The van der Waals surface area contributed by atoms with Crippen LogP contribution in [0.25, 0.3) is 11.3 Å². The number of nitrogens with one attached hydrogen (secondary N) is 1. The van der Waals surface area contributed by atoms with E-state index >= 15 is 0 Å². The molecule has 1 aromatic carbocycles. The summed E-state index contributed by atoms with van der Waals surface area (Å²) in [4.78, 5) is 18.7. The Bertz CT molecular complexity index is 631. The van der Waals surface area contributed by atoms with Gasteiger partial charge in [0.05, 0.1) is 11.5 Å². The molecular weight excluding hydrogens is 260 g/mol. The minimum Gasteiger partial charge on any atom is -0.493 e. The highest BCUT2D eigenvalue weighted by atomic mass is 16.6. The zero-order valence-electron chi connectivity index (χ0n) is 11.2. The molecule has 20 heavy (non-hydrogen) atoms. The largest absolute Gasteiger partial charge is 0.493 e. The predicted octanol–water partition coefficient (Wildman–Crippen LogP) is 2.49. The molecule has 7 nitrogen and oxygen atoms in total. The van der Waals surface area contributed by atoms with E-state index in [1.165, 1.54) is 6.33 Å². The summed E-state index contributed by atoms with van der Waals surface area (Å²) in [5, 5.41) is 14.0. The number of ether oxygens (including phenoxy) is 1. The van der Waals surface area contributed by atoms with Gasteiger partial charge in [0, 0.05) is 12.6 Å². The zero-order chi connectivity index (χ0) is 14.5. The fourth-order valence-electron chi connectivity index (χ4n) is 1.88. The van der Waals surface area contributed by atoms with Gasteiger partial charge in [-0.2, -0.15) is 0 Å². The highest BCUT2D eigenvalue weighted by Gasteiger charge is 2.25. The maximum Gasteiger partial charge on any atom is 0.337 e. The lowest BCUT2D eigenvalue weighted by molar-refractivity contribution is -0.383. The molecule has 0 aliphatic heterocycles. The molecule has 0 unspecified atom stereocenters. The van der Waals surface area contributed by atoms with Gasteiger partial charge in [-0.25, -0.2) is 9.97 Å². The third-order valence-corrected chi connectivity index (χ3v) is 2.68. The number of rotatable bonds is 5. The average molecular weight is 274 g/mol. The third kappa shape index (κ3) is 2.51. The quantitative estimate of drug-likeness (QED) is 0.665. The molecule has 1 N–H and O–H groups in total. The summed E-state index contributed by atoms with van der Waals surface area (Å²) in [6.45, 7) is 2.32. The number of hydrogen-bond acceptors (Lipinski definition) is 6. The normalized spacial score (nSPS) is 10.1. The Balaban J connectivity index is 2.67. The van der Waals surface area contributed by atoms with Crippen LogP contribution in [-0.2, 0) is 0 Å². The van der Waals surface area contributed by atoms with Crippen molar-refractivity contribution in [3.05, 3.63) is 40.7 Å². The van der Waals surface area contributed by atoms with Crippen LogP contribution < -0.4 is 10.1 Å². The Labute approximate surface area is 115 Å². The molecule has 0 amide bonds. The average Bonchev–Trinajstić information content (AvgIpc) is 2.47. The summed E-state index contributed by atoms with van der Waals surface area (Å²) < 4.78 is 5.50. The number of anilines is 1. The van der Waals surface area contributed by atoms with Crippen LogP contribution in [0.3, 0.4) is 0 Å². The molecule has 0 saturated heterocycles. The van der Waals surface area contributed by atoms with Gasteiger partial charge < -0.3 is 10.1 Å². The topological polar surface area (TPSA) is 90.2 Å². The molecular formula is C13H14N4O3. The van der Waals surface area contributed by atoms with Crippen LogP contribution in [0.2, 0.25) is 0 Å². The van der Waals surface area contributed by atoms with Crippen LogP contribution in [0.5, 0.6) is 5.75 Å². The van der Waals surface area contributed by atoms with E-state index in [-0.39, 0.29) is 17.2 Å². The molecule has 0 aliphatic rings. The van der Waals surface area contributed by atoms with Gasteiger partial charge in [-0.05, 0) is 19.1 Å². The summed E-state index contributed by atoms with van der Waals surface area (Å²) in [5.41, 5.74) is 0.639. The van der Waals surface area contributed by atoms with Gasteiger partial charge in [-0.3, -0.25) is 10.1 Å². The lowest BCUT2D eigenvalue weighted by atomic mass is 10.1. The Hall–Kier alpha value is -2.70. The maximum absolute atomic E-state index is 11.3. The Morgan fingerprint density at radius 3 is 2.75 bits per heavy atom. The molecule has 104 valence electrons. The van der Waals surface area contributed by atoms with Crippen LogP contribution in [0.4, 0.5) is 11.5 Å². The second-order valence-corrected chi connectivity index (χ2v) is 3.86. The summed E-state index contributed by atoms with van der Waals surface area (Å²) in [7, 11) is 1.58. The molecule has 1 aromatic heterocycles. The van der Waals surface area contributed by atoms with E-state index in [2.05, 4.69) is 15.3 Å². The second-order valence-electron chi connectivity index (χ2n) is 3.86. The number of hydrogen-bond donors (Lipinski definition) is 1. The SMILES string of the molecule is CCOc1ccccc1-c1ncnc(NC)c1[N+](=O)[O-]. The van der Waals surface area contributed by atoms with Crippen LogP contribution in [0, 0.1) is 10.1 Å². The van der Waals surface area contributed by atoms with Crippen LogP contribution in [-0.4, -0.2) is 28.5 Å². The van der Waals surface area contributed by atoms with Crippen molar-refractivity contribution in [1.29, 1.82) is 0 Å². The summed E-state index contributed by atoms with van der Waals surface area (Å²) in [6.07, 6.45) is 1.29. The Kier molecular flexibility index (Phi) is 4.09. The van der Waals surface area contributed by atoms with Crippen LogP contribution in [0.15, 0.2) is 30.6 Å².